The molecule has 0 saturated heterocycles. The molecule has 0 spiro atoms. The number of ether oxygens (including phenoxy) is 1. The summed E-state index contributed by atoms with van der Waals surface area (Å²) in [5, 5.41) is 22.5. The number of H-pyrrole nitrogens is 1. The number of aliphatic hydroxyl groups is 1. The van der Waals surface area contributed by atoms with Gasteiger partial charge in [0.05, 0.1) is 18.2 Å². The predicted molar refractivity (Wildman–Crippen MR) is 128 cm³/mol. The normalized spacial score (nSPS) is 12.4. The minimum absolute atomic E-state index is 0.0234. The first-order valence-electron chi connectivity index (χ1n) is 11.8. The van der Waals surface area contributed by atoms with Crippen molar-refractivity contribution in [1.29, 1.82) is 0 Å². The molecule has 3 rings (SSSR count). The van der Waals surface area contributed by atoms with Crippen molar-refractivity contribution in [3.05, 3.63) is 51.1 Å². The molecule has 0 amide bonds. The van der Waals surface area contributed by atoms with Gasteiger partial charge in [-0.3, -0.25) is 14.5 Å². The second-order valence-corrected chi connectivity index (χ2v) is 8.52. The molecule has 0 aliphatic rings. The number of aromatic amines is 1. The second-order valence-electron chi connectivity index (χ2n) is 8.52. The smallest absolute Gasteiger partial charge is 0.327 e. The quantitative estimate of drug-likeness (QED) is 0.387. The highest BCUT2D eigenvalue weighted by molar-refractivity contribution is 5.82. The Kier molecular flexibility index (Phi) is 8.89. The van der Waals surface area contributed by atoms with Gasteiger partial charge < -0.3 is 14.8 Å². The van der Waals surface area contributed by atoms with Gasteiger partial charge >= 0.3 is 5.97 Å². The van der Waals surface area contributed by atoms with E-state index in [1.165, 1.54) is 4.68 Å². The molecule has 34 heavy (non-hydrogen) atoms. The number of nitrogens with zero attached hydrogens (tertiary/aromatic N) is 5. The summed E-state index contributed by atoms with van der Waals surface area (Å²) in [5.41, 5.74) is 3.47. The van der Waals surface area contributed by atoms with Gasteiger partial charge in [0, 0.05) is 25.3 Å². The summed E-state index contributed by atoms with van der Waals surface area (Å²) in [6.07, 6.45) is 2.10. The lowest BCUT2D eigenvalue weighted by Crippen LogP contribution is -2.34. The van der Waals surface area contributed by atoms with Crippen LogP contribution in [0.4, 0.5) is 0 Å². The summed E-state index contributed by atoms with van der Waals surface area (Å²) in [6, 6.07) is 5.80. The molecule has 3 aromatic rings. The number of aryl methyl sites for hydroxylation is 2. The van der Waals surface area contributed by atoms with Crippen molar-refractivity contribution in [2.45, 2.75) is 66.1 Å². The zero-order valence-corrected chi connectivity index (χ0v) is 20.4. The third-order valence-electron chi connectivity index (χ3n) is 5.79. The van der Waals surface area contributed by atoms with E-state index in [0.29, 0.717) is 30.9 Å². The maximum Gasteiger partial charge on any atom is 0.327 e. The van der Waals surface area contributed by atoms with Gasteiger partial charge in [-0.2, -0.15) is 0 Å². The maximum atomic E-state index is 13.0. The molecular formula is C24H34N6O4. The molecule has 0 fully saturated rings. The van der Waals surface area contributed by atoms with Crippen molar-refractivity contribution < 1.29 is 14.6 Å². The van der Waals surface area contributed by atoms with E-state index in [1.807, 2.05) is 26.0 Å². The zero-order chi connectivity index (χ0) is 24.7. The molecule has 2 aromatic heterocycles. The number of nitrogens with one attached hydrogen (secondary N) is 1. The number of rotatable bonds is 12. The van der Waals surface area contributed by atoms with Gasteiger partial charge in [0.2, 0.25) is 0 Å². The SMILES string of the molecule is CCCC(c1nnnn1CC(=O)OCC)N(CCCO)Cc1cc2cc(C)cc(C)c2[nH]c1=O. The minimum atomic E-state index is -0.412. The van der Waals surface area contributed by atoms with Crippen LogP contribution in [0.5, 0.6) is 0 Å². The first-order chi connectivity index (χ1) is 16.4. The van der Waals surface area contributed by atoms with Crippen LogP contribution in [0, 0.1) is 13.8 Å². The Bertz CT molecular complexity index is 1170. The summed E-state index contributed by atoms with van der Waals surface area (Å²) >= 11 is 0. The summed E-state index contributed by atoms with van der Waals surface area (Å²) < 4.78 is 6.52. The zero-order valence-electron chi connectivity index (χ0n) is 20.4. The molecule has 1 atom stereocenters. The Hall–Kier alpha value is -3.11. The molecule has 10 nitrogen and oxygen atoms in total. The average molecular weight is 471 g/mol. The molecule has 1 unspecified atom stereocenters. The number of esters is 1. The first-order valence-corrected chi connectivity index (χ1v) is 11.8. The van der Waals surface area contributed by atoms with E-state index in [-0.39, 0.29) is 31.4 Å². The lowest BCUT2D eigenvalue weighted by molar-refractivity contribution is -0.144. The van der Waals surface area contributed by atoms with Gasteiger partial charge in [-0.1, -0.05) is 25.0 Å². The van der Waals surface area contributed by atoms with Crippen LogP contribution in [-0.2, 0) is 22.6 Å². The highest BCUT2D eigenvalue weighted by atomic mass is 16.5. The summed E-state index contributed by atoms with van der Waals surface area (Å²) in [6.45, 7) is 8.94. The van der Waals surface area contributed by atoms with Crippen molar-refractivity contribution in [3.8, 4) is 0 Å². The molecule has 2 heterocycles. The number of hydrogen-bond donors (Lipinski definition) is 2. The van der Waals surface area contributed by atoms with Gasteiger partial charge in [0.15, 0.2) is 5.82 Å². The molecule has 0 aliphatic carbocycles. The molecule has 2 N–H and O–H groups in total. The Morgan fingerprint density at radius 3 is 2.76 bits per heavy atom. The number of pyridine rings is 1. The fraction of sp³-hybridized carbons (Fsp3) is 0.542. The van der Waals surface area contributed by atoms with E-state index >= 15 is 0 Å². The van der Waals surface area contributed by atoms with Crippen LogP contribution >= 0.6 is 0 Å². The lowest BCUT2D eigenvalue weighted by atomic mass is 10.0. The van der Waals surface area contributed by atoms with Crippen LogP contribution in [0.2, 0.25) is 0 Å². The van der Waals surface area contributed by atoms with Crippen molar-refractivity contribution in [2.75, 3.05) is 19.8 Å². The van der Waals surface area contributed by atoms with Crippen molar-refractivity contribution in [2.24, 2.45) is 0 Å². The third-order valence-corrected chi connectivity index (χ3v) is 5.79. The van der Waals surface area contributed by atoms with Crippen molar-refractivity contribution in [1.82, 2.24) is 30.1 Å². The Balaban J connectivity index is 1.98. The van der Waals surface area contributed by atoms with E-state index in [0.717, 1.165) is 34.9 Å². The predicted octanol–water partition coefficient (Wildman–Crippen LogP) is 2.42. The average Bonchev–Trinajstić information content (AvgIpc) is 3.23. The standard InChI is InChI=1S/C24H34N6O4/c1-5-8-20(23-26-27-28-30(23)15-21(32)34-6-2)29(9-7-10-31)14-19-13-18-12-16(3)11-17(4)22(18)25-24(19)33/h11-13,20,31H,5-10,14-15H2,1-4H3,(H,25,33). The summed E-state index contributed by atoms with van der Waals surface area (Å²) in [7, 11) is 0. The number of tetrazole rings is 1. The molecule has 0 radical (unpaired) electrons. The van der Waals surface area contributed by atoms with Crippen LogP contribution in [0.15, 0.2) is 23.0 Å². The van der Waals surface area contributed by atoms with E-state index in [4.69, 9.17) is 4.74 Å². The number of aromatic nitrogens is 5. The fourth-order valence-corrected chi connectivity index (χ4v) is 4.33. The minimum Gasteiger partial charge on any atom is -0.465 e. The monoisotopic (exact) mass is 470 g/mol. The summed E-state index contributed by atoms with van der Waals surface area (Å²) in [4.78, 5) is 30.2. The Morgan fingerprint density at radius 1 is 1.26 bits per heavy atom. The van der Waals surface area contributed by atoms with Crippen LogP contribution in [0.3, 0.4) is 0 Å². The second kappa shape index (κ2) is 11.8. The van der Waals surface area contributed by atoms with Crippen LogP contribution < -0.4 is 5.56 Å². The fourth-order valence-electron chi connectivity index (χ4n) is 4.33. The Labute approximate surface area is 198 Å². The molecule has 10 heteroatoms. The maximum absolute atomic E-state index is 13.0. The molecule has 1 aromatic carbocycles. The van der Waals surface area contributed by atoms with E-state index in [9.17, 15) is 14.7 Å². The number of fused-ring (bicyclic) bond motifs is 1. The highest BCUT2D eigenvalue weighted by Gasteiger charge is 2.27. The topological polar surface area (TPSA) is 126 Å². The highest BCUT2D eigenvalue weighted by Crippen LogP contribution is 2.26. The number of hydrogen-bond acceptors (Lipinski definition) is 8. The number of carbonyl (C=O) groups is 1. The van der Waals surface area contributed by atoms with Gasteiger partial charge in [-0.15, -0.1) is 5.10 Å². The first kappa shape index (κ1) is 25.5. The van der Waals surface area contributed by atoms with Crippen molar-refractivity contribution in [3.63, 3.8) is 0 Å². The van der Waals surface area contributed by atoms with E-state index in [1.54, 1.807) is 6.92 Å². The number of benzene rings is 1. The molecule has 0 saturated carbocycles. The summed E-state index contributed by atoms with van der Waals surface area (Å²) in [5.74, 6) is 0.127. The number of aliphatic hydroxyl groups excluding tert-OH is 1. The van der Waals surface area contributed by atoms with Gasteiger partial charge in [0.25, 0.3) is 5.56 Å². The third kappa shape index (κ3) is 6.06. The van der Waals surface area contributed by atoms with E-state index in [2.05, 4.69) is 38.4 Å². The van der Waals surface area contributed by atoms with Gasteiger partial charge in [0.1, 0.15) is 6.54 Å². The van der Waals surface area contributed by atoms with Crippen LogP contribution in [0.1, 0.15) is 61.7 Å². The lowest BCUT2D eigenvalue weighted by Gasteiger charge is -2.30. The van der Waals surface area contributed by atoms with Crippen LogP contribution in [0.25, 0.3) is 10.9 Å². The molecule has 0 aliphatic heterocycles. The number of carbonyl (C=O) groups excluding carboxylic acids is 1. The van der Waals surface area contributed by atoms with Crippen LogP contribution in [-0.4, -0.2) is 60.9 Å². The van der Waals surface area contributed by atoms with Gasteiger partial charge in [-0.25, -0.2) is 4.68 Å². The van der Waals surface area contributed by atoms with Gasteiger partial charge in [-0.05, 0) is 67.1 Å². The van der Waals surface area contributed by atoms with E-state index < -0.39 is 5.97 Å². The molecular weight excluding hydrogens is 436 g/mol. The van der Waals surface area contributed by atoms with Crippen molar-refractivity contribution >= 4 is 16.9 Å². The molecule has 0 bridgehead atoms. The largest absolute Gasteiger partial charge is 0.465 e. The Morgan fingerprint density at radius 2 is 2.06 bits per heavy atom. The molecule has 184 valence electrons.